The number of aromatic nitrogens is 1. The number of hydrogen-bond donors (Lipinski definition) is 1. The Balaban J connectivity index is 2.24. The van der Waals surface area contributed by atoms with E-state index in [2.05, 4.69) is 20.9 Å². The van der Waals surface area contributed by atoms with Crippen LogP contribution in [0, 0.1) is 13.8 Å². The van der Waals surface area contributed by atoms with Crippen molar-refractivity contribution in [2.75, 3.05) is 6.54 Å². The van der Waals surface area contributed by atoms with E-state index in [1.54, 1.807) is 12.4 Å². The molecule has 2 aromatic rings. The quantitative estimate of drug-likeness (QED) is 0.937. The first-order chi connectivity index (χ1) is 9.11. The molecule has 0 saturated carbocycles. The molecule has 1 aromatic carbocycles. The highest BCUT2D eigenvalue weighted by Gasteiger charge is 2.12. The molecule has 1 heterocycles. The molecule has 0 aliphatic heterocycles. The number of pyridine rings is 1. The molecule has 1 aromatic heterocycles. The molecule has 100 valence electrons. The standard InChI is InChI=1S/C15H17BrN2O/c1-10-7-13(8-11(2)15(10)16)19-14(9-17)12-3-5-18-6-4-12/h3-8,14H,9,17H2,1-2H3. The van der Waals surface area contributed by atoms with E-state index in [-0.39, 0.29) is 6.10 Å². The highest BCUT2D eigenvalue weighted by molar-refractivity contribution is 9.10. The Bertz CT molecular complexity index is 534. The van der Waals surface area contributed by atoms with E-state index in [1.165, 1.54) is 0 Å². The highest BCUT2D eigenvalue weighted by atomic mass is 79.9. The molecule has 1 unspecified atom stereocenters. The first kappa shape index (κ1) is 14.0. The van der Waals surface area contributed by atoms with Gasteiger partial charge in [0, 0.05) is 23.4 Å². The summed E-state index contributed by atoms with van der Waals surface area (Å²) in [6.07, 6.45) is 3.35. The third kappa shape index (κ3) is 3.33. The average Bonchev–Trinajstić information content (AvgIpc) is 2.43. The van der Waals surface area contributed by atoms with Crippen LogP contribution in [-0.4, -0.2) is 11.5 Å². The SMILES string of the molecule is Cc1cc(OC(CN)c2ccncc2)cc(C)c1Br. The number of nitrogens with two attached hydrogens (primary N) is 1. The van der Waals surface area contributed by atoms with E-state index in [4.69, 9.17) is 10.5 Å². The van der Waals surface area contributed by atoms with E-state index >= 15 is 0 Å². The van der Waals surface area contributed by atoms with Crippen molar-refractivity contribution in [1.29, 1.82) is 0 Å². The zero-order chi connectivity index (χ0) is 13.8. The van der Waals surface area contributed by atoms with Gasteiger partial charge in [0.05, 0.1) is 0 Å². The van der Waals surface area contributed by atoms with E-state index in [0.717, 1.165) is 26.9 Å². The maximum atomic E-state index is 5.99. The molecule has 0 radical (unpaired) electrons. The summed E-state index contributed by atoms with van der Waals surface area (Å²) in [6.45, 7) is 4.53. The highest BCUT2D eigenvalue weighted by Crippen LogP contribution is 2.29. The number of halogens is 1. The van der Waals surface area contributed by atoms with Crippen molar-refractivity contribution in [3.63, 3.8) is 0 Å². The Labute approximate surface area is 121 Å². The van der Waals surface area contributed by atoms with Crippen LogP contribution in [0.1, 0.15) is 22.8 Å². The van der Waals surface area contributed by atoms with Gasteiger partial charge in [-0.25, -0.2) is 0 Å². The van der Waals surface area contributed by atoms with Crippen LogP contribution in [0.3, 0.4) is 0 Å². The lowest BCUT2D eigenvalue weighted by atomic mass is 10.1. The topological polar surface area (TPSA) is 48.1 Å². The summed E-state index contributed by atoms with van der Waals surface area (Å²) < 4.78 is 7.11. The second kappa shape index (κ2) is 6.17. The zero-order valence-corrected chi connectivity index (χ0v) is 12.6. The third-order valence-electron chi connectivity index (χ3n) is 2.98. The van der Waals surface area contributed by atoms with Crippen molar-refractivity contribution in [2.45, 2.75) is 20.0 Å². The van der Waals surface area contributed by atoms with E-state index in [0.29, 0.717) is 6.54 Å². The van der Waals surface area contributed by atoms with Crippen LogP contribution in [-0.2, 0) is 0 Å². The van der Waals surface area contributed by atoms with Crippen molar-refractivity contribution in [3.8, 4) is 5.75 Å². The minimum atomic E-state index is -0.150. The van der Waals surface area contributed by atoms with Gasteiger partial charge in [0.15, 0.2) is 0 Å². The van der Waals surface area contributed by atoms with Crippen molar-refractivity contribution < 1.29 is 4.74 Å². The fourth-order valence-corrected chi connectivity index (χ4v) is 2.20. The normalized spacial score (nSPS) is 12.2. The van der Waals surface area contributed by atoms with Gasteiger partial charge < -0.3 is 10.5 Å². The molecule has 0 bridgehead atoms. The molecule has 2 rings (SSSR count). The zero-order valence-electron chi connectivity index (χ0n) is 11.1. The summed E-state index contributed by atoms with van der Waals surface area (Å²) in [4.78, 5) is 4.01. The largest absolute Gasteiger partial charge is 0.484 e. The number of nitrogens with zero attached hydrogens (tertiary/aromatic N) is 1. The molecular formula is C15H17BrN2O. The summed E-state index contributed by atoms with van der Waals surface area (Å²) in [5.41, 5.74) is 9.15. The van der Waals surface area contributed by atoms with Gasteiger partial charge in [-0.15, -0.1) is 0 Å². The molecule has 1 atom stereocenters. The Morgan fingerprint density at radius 3 is 2.32 bits per heavy atom. The fraction of sp³-hybridized carbons (Fsp3) is 0.267. The summed E-state index contributed by atoms with van der Waals surface area (Å²) >= 11 is 3.55. The third-order valence-corrected chi connectivity index (χ3v) is 4.23. The molecule has 0 saturated heterocycles. The monoisotopic (exact) mass is 320 g/mol. The molecule has 3 nitrogen and oxygen atoms in total. The molecule has 0 fully saturated rings. The minimum absolute atomic E-state index is 0.150. The first-order valence-corrected chi connectivity index (χ1v) is 6.94. The van der Waals surface area contributed by atoms with Crippen LogP contribution < -0.4 is 10.5 Å². The summed E-state index contributed by atoms with van der Waals surface area (Å²) in [5.74, 6) is 0.838. The van der Waals surface area contributed by atoms with Gasteiger partial charge in [0.1, 0.15) is 11.9 Å². The van der Waals surface area contributed by atoms with Crippen molar-refractivity contribution in [1.82, 2.24) is 4.98 Å². The maximum absolute atomic E-state index is 5.99. The number of rotatable bonds is 4. The van der Waals surface area contributed by atoms with E-state index < -0.39 is 0 Å². The molecular weight excluding hydrogens is 304 g/mol. The lowest BCUT2D eigenvalue weighted by Crippen LogP contribution is -2.18. The van der Waals surface area contributed by atoms with Gasteiger partial charge in [0.25, 0.3) is 0 Å². The summed E-state index contributed by atoms with van der Waals surface area (Å²) in [7, 11) is 0. The summed E-state index contributed by atoms with van der Waals surface area (Å²) in [5, 5.41) is 0. The number of ether oxygens (including phenoxy) is 1. The second-order valence-electron chi connectivity index (χ2n) is 4.49. The lowest BCUT2D eigenvalue weighted by Gasteiger charge is -2.19. The Morgan fingerprint density at radius 1 is 1.21 bits per heavy atom. The van der Waals surface area contributed by atoms with Crippen molar-refractivity contribution in [3.05, 3.63) is 57.8 Å². The maximum Gasteiger partial charge on any atom is 0.136 e. The number of aryl methyl sites for hydroxylation is 2. The second-order valence-corrected chi connectivity index (χ2v) is 5.29. The first-order valence-electron chi connectivity index (χ1n) is 6.15. The predicted molar refractivity (Wildman–Crippen MR) is 80.3 cm³/mol. The van der Waals surface area contributed by atoms with Crippen LogP contribution in [0.25, 0.3) is 0 Å². The molecule has 4 heteroatoms. The smallest absolute Gasteiger partial charge is 0.136 e. The lowest BCUT2D eigenvalue weighted by molar-refractivity contribution is 0.214. The van der Waals surface area contributed by atoms with Gasteiger partial charge in [-0.1, -0.05) is 15.9 Å². The fourth-order valence-electron chi connectivity index (χ4n) is 1.97. The number of benzene rings is 1. The summed E-state index contributed by atoms with van der Waals surface area (Å²) in [6, 6.07) is 7.88. The van der Waals surface area contributed by atoms with Crippen LogP contribution in [0.2, 0.25) is 0 Å². The van der Waals surface area contributed by atoms with Crippen molar-refractivity contribution in [2.24, 2.45) is 5.73 Å². The van der Waals surface area contributed by atoms with Gasteiger partial charge >= 0.3 is 0 Å². The van der Waals surface area contributed by atoms with Crippen LogP contribution in [0.5, 0.6) is 5.75 Å². The minimum Gasteiger partial charge on any atom is -0.484 e. The molecule has 0 aliphatic rings. The van der Waals surface area contributed by atoms with Crippen LogP contribution in [0.15, 0.2) is 41.1 Å². The predicted octanol–water partition coefficient (Wildman–Crippen LogP) is 3.54. The molecule has 0 aliphatic carbocycles. The van der Waals surface area contributed by atoms with Crippen LogP contribution >= 0.6 is 15.9 Å². The van der Waals surface area contributed by atoms with E-state index in [9.17, 15) is 0 Å². The molecule has 0 spiro atoms. The number of hydrogen-bond acceptors (Lipinski definition) is 3. The van der Waals surface area contributed by atoms with Crippen LogP contribution in [0.4, 0.5) is 0 Å². The van der Waals surface area contributed by atoms with Gasteiger partial charge in [0.2, 0.25) is 0 Å². The molecule has 19 heavy (non-hydrogen) atoms. The van der Waals surface area contributed by atoms with Crippen molar-refractivity contribution >= 4 is 15.9 Å². The molecule has 0 amide bonds. The van der Waals surface area contributed by atoms with E-state index in [1.807, 2.05) is 38.1 Å². The Kier molecular flexibility index (Phi) is 4.56. The Hall–Kier alpha value is -1.39. The molecule has 2 N–H and O–H groups in total. The average molecular weight is 321 g/mol. The van der Waals surface area contributed by atoms with Gasteiger partial charge in [-0.3, -0.25) is 4.98 Å². The van der Waals surface area contributed by atoms with Gasteiger partial charge in [-0.2, -0.15) is 0 Å². The van der Waals surface area contributed by atoms with Gasteiger partial charge in [-0.05, 0) is 54.8 Å². The Morgan fingerprint density at radius 2 is 1.79 bits per heavy atom.